The third-order valence-electron chi connectivity index (χ3n) is 3.03. The Morgan fingerprint density at radius 3 is 2.60 bits per heavy atom. The van der Waals surface area contributed by atoms with Gasteiger partial charge in [-0.15, -0.1) is 0 Å². The van der Waals surface area contributed by atoms with Crippen LogP contribution in [0.5, 0.6) is 0 Å². The lowest BCUT2D eigenvalue weighted by molar-refractivity contribution is 0.500. The summed E-state index contributed by atoms with van der Waals surface area (Å²) in [6, 6.07) is 10.7. The van der Waals surface area contributed by atoms with Gasteiger partial charge in [0.05, 0.1) is 5.69 Å². The highest BCUT2D eigenvalue weighted by Gasteiger charge is 2.14. The van der Waals surface area contributed by atoms with Gasteiger partial charge < -0.3 is 4.42 Å². The third-order valence-corrected chi connectivity index (χ3v) is 3.03. The molecule has 3 rings (SSSR count). The molecule has 0 bridgehead atoms. The second-order valence-corrected chi connectivity index (χ2v) is 4.46. The lowest BCUT2D eigenvalue weighted by atomic mass is 10.2. The van der Waals surface area contributed by atoms with Crippen molar-refractivity contribution in [3.05, 3.63) is 74.7 Å². The van der Waals surface area contributed by atoms with Crippen molar-refractivity contribution in [2.45, 2.75) is 6.92 Å². The molecule has 0 spiro atoms. The Morgan fingerprint density at radius 1 is 1.10 bits per heavy atom. The summed E-state index contributed by atoms with van der Waals surface area (Å²) in [4.78, 5) is 24.3. The molecular weight excluding hydrogens is 261 g/mol. The number of aryl methyl sites for hydroxylation is 1. The molecule has 20 heavy (non-hydrogen) atoms. The SMILES string of the molecule is Cc1cccc(-n2c(=O)oc3cccc(F)c3c2=O)c1. The zero-order valence-corrected chi connectivity index (χ0v) is 10.6. The molecule has 0 atom stereocenters. The second-order valence-electron chi connectivity index (χ2n) is 4.46. The van der Waals surface area contributed by atoms with Crippen molar-refractivity contribution in [2.24, 2.45) is 0 Å². The minimum atomic E-state index is -0.835. The van der Waals surface area contributed by atoms with E-state index in [1.807, 2.05) is 13.0 Å². The molecule has 0 aliphatic rings. The van der Waals surface area contributed by atoms with E-state index >= 15 is 0 Å². The number of fused-ring (bicyclic) bond motifs is 1. The third kappa shape index (κ3) is 1.84. The molecule has 3 aromatic rings. The van der Waals surface area contributed by atoms with Crippen LogP contribution < -0.4 is 11.3 Å². The molecule has 0 N–H and O–H groups in total. The van der Waals surface area contributed by atoms with E-state index in [0.29, 0.717) is 5.69 Å². The highest BCUT2D eigenvalue weighted by molar-refractivity contribution is 5.76. The Balaban J connectivity index is 2.46. The first kappa shape index (κ1) is 12.3. The maximum atomic E-state index is 13.8. The fourth-order valence-electron chi connectivity index (χ4n) is 2.12. The molecule has 1 heterocycles. The zero-order chi connectivity index (χ0) is 14.3. The minimum Gasteiger partial charge on any atom is -0.409 e. The fraction of sp³-hybridized carbons (Fsp3) is 0.0667. The van der Waals surface area contributed by atoms with Crippen molar-refractivity contribution < 1.29 is 8.81 Å². The molecule has 0 saturated carbocycles. The first-order valence-corrected chi connectivity index (χ1v) is 5.99. The lowest BCUT2D eigenvalue weighted by Gasteiger charge is -2.06. The molecule has 4 nitrogen and oxygen atoms in total. The van der Waals surface area contributed by atoms with Crippen molar-refractivity contribution >= 4 is 11.0 Å². The molecule has 0 radical (unpaired) electrons. The van der Waals surface area contributed by atoms with Gasteiger partial charge >= 0.3 is 5.76 Å². The molecule has 0 fully saturated rings. The van der Waals surface area contributed by atoms with E-state index < -0.39 is 17.1 Å². The number of nitrogens with zero attached hydrogens (tertiary/aromatic N) is 1. The van der Waals surface area contributed by atoms with E-state index in [9.17, 15) is 14.0 Å². The monoisotopic (exact) mass is 271 g/mol. The van der Waals surface area contributed by atoms with Crippen LogP contribution in [0.15, 0.2) is 56.5 Å². The number of hydrogen-bond donors (Lipinski definition) is 0. The van der Waals surface area contributed by atoms with Crippen LogP contribution in [-0.2, 0) is 0 Å². The molecule has 0 aliphatic heterocycles. The predicted molar refractivity (Wildman–Crippen MR) is 72.8 cm³/mol. The first-order valence-electron chi connectivity index (χ1n) is 5.99. The molecule has 100 valence electrons. The first-order chi connectivity index (χ1) is 9.58. The van der Waals surface area contributed by atoms with Gasteiger partial charge in [-0.3, -0.25) is 4.79 Å². The van der Waals surface area contributed by atoms with Gasteiger partial charge in [0.15, 0.2) is 0 Å². The maximum Gasteiger partial charge on any atom is 0.426 e. The van der Waals surface area contributed by atoms with Gasteiger partial charge in [0.1, 0.15) is 16.8 Å². The summed E-state index contributed by atoms with van der Waals surface area (Å²) in [5, 5.41) is -0.228. The van der Waals surface area contributed by atoms with Crippen molar-refractivity contribution in [2.75, 3.05) is 0 Å². The summed E-state index contributed by atoms with van der Waals surface area (Å²) < 4.78 is 19.6. The lowest BCUT2D eigenvalue weighted by Crippen LogP contribution is -2.31. The number of benzene rings is 2. The van der Waals surface area contributed by atoms with Gasteiger partial charge in [0, 0.05) is 0 Å². The van der Waals surface area contributed by atoms with Crippen LogP contribution in [-0.4, -0.2) is 4.57 Å². The second kappa shape index (κ2) is 4.45. The Bertz CT molecular complexity index is 924. The molecule has 0 aliphatic carbocycles. The van der Waals surface area contributed by atoms with Gasteiger partial charge in [0.2, 0.25) is 0 Å². The predicted octanol–water partition coefficient (Wildman–Crippen LogP) is 2.39. The maximum absolute atomic E-state index is 13.8. The van der Waals surface area contributed by atoms with Crippen LogP contribution in [0.2, 0.25) is 0 Å². The van der Waals surface area contributed by atoms with Crippen LogP contribution >= 0.6 is 0 Å². The summed E-state index contributed by atoms with van der Waals surface area (Å²) in [7, 11) is 0. The normalized spacial score (nSPS) is 10.9. The summed E-state index contributed by atoms with van der Waals surface area (Å²) in [6.07, 6.45) is 0. The molecule has 1 aromatic heterocycles. The van der Waals surface area contributed by atoms with Crippen LogP contribution in [0.1, 0.15) is 5.56 Å². The van der Waals surface area contributed by atoms with Crippen LogP contribution in [0.3, 0.4) is 0 Å². The van der Waals surface area contributed by atoms with Gasteiger partial charge in [-0.1, -0.05) is 18.2 Å². The Labute approximate surface area is 112 Å². The molecule has 2 aromatic carbocycles. The Kier molecular flexibility index (Phi) is 2.75. The number of rotatable bonds is 1. The largest absolute Gasteiger partial charge is 0.426 e. The summed E-state index contributed by atoms with van der Waals surface area (Å²) in [6.45, 7) is 1.83. The van der Waals surface area contributed by atoms with Gasteiger partial charge in [0.25, 0.3) is 5.56 Å². The van der Waals surface area contributed by atoms with E-state index in [0.717, 1.165) is 16.2 Å². The number of halogens is 1. The van der Waals surface area contributed by atoms with E-state index in [4.69, 9.17) is 4.42 Å². The van der Waals surface area contributed by atoms with Crippen molar-refractivity contribution in [3.8, 4) is 5.69 Å². The van der Waals surface area contributed by atoms with Crippen molar-refractivity contribution in [3.63, 3.8) is 0 Å². The molecule has 5 heteroatoms. The molecular formula is C15H10FNO3. The summed E-state index contributed by atoms with van der Waals surface area (Å²) >= 11 is 0. The summed E-state index contributed by atoms with van der Waals surface area (Å²) in [5.41, 5.74) is 0.459. The smallest absolute Gasteiger partial charge is 0.409 e. The molecule has 0 amide bonds. The van der Waals surface area contributed by atoms with E-state index in [2.05, 4.69) is 0 Å². The minimum absolute atomic E-state index is 0.0519. The average molecular weight is 271 g/mol. The number of hydrogen-bond acceptors (Lipinski definition) is 3. The standard InChI is InChI=1S/C15H10FNO3/c1-9-4-2-5-10(8-9)17-14(18)13-11(16)6-3-7-12(13)20-15(17)19/h2-8H,1H3. The highest BCUT2D eigenvalue weighted by atomic mass is 19.1. The van der Waals surface area contributed by atoms with Crippen LogP contribution in [0, 0.1) is 12.7 Å². The molecule has 0 saturated heterocycles. The van der Waals surface area contributed by atoms with Crippen LogP contribution in [0.4, 0.5) is 4.39 Å². The highest BCUT2D eigenvalue weighted by Crippen LogP contribution is 2.13. The Hall–Kier alpha value is -2.69. The fourth-order valence-corrected chi connectivity index (χ4v) is 2.12. The zero-order valence-electron chi connectivity index (χ0n) is 10.6. The van der Waals surface area contributed by atoms with Crippen molar-refractivity contribution in [1.82, 2.24) is 4.57 Å². The quantitative estimate of drug-likeness (QED) is 0.683. The van der Waals surface area contributed by atoms with E-state index in [-0.39, 0.29) is 11.0 Å². The van der Waals surface area contributed by atoms with E-state index in [1.54, 1.807) is 18.2 Å². The number of aromatic nitrogens is 1. The molecule has 0 unspecified atom stereocenters. The van der Waals surface area contributed by atoms with Gasteiger partial charge in [-0.05, 0) is 36.8 Å². The van der Waals surface area contributed by atoms with E-state index in [1.165, 1.54) is 12.1 Å². The van der Waals surface area contributed by atoms with Gasteiger partial charge in [-0.2, -0.15) is 0 Å². The van der Waals surface area contributed by atoms with Gasteiger partial charge in [-0.25, -0.2) is 13.8 Å². The van der Waals surface area contributed by atoms with Crippen LogP contribution in [0.25, 0.3) is 16.7 Å². The topological polar surface area (TPSA) is 52.2 Å². The van der Waals surface area contributed by atoms with Crippen molar-refractivity contribution in [1.29, 1.82) is 0 Å². The Morgan fingerprint density at radius 2 is 1.85 bits per heavy atom. The summed E-state index contributed by atoms with van der Waals surface area (Å²) in [5.74, 6) is -1.55. The average Bonchev–Trinajstić information content (AvgIpc) is 2.38.